The SMILES string of the molecule is C=CC(=O)OC(=O)C(CCC)C(=O)OC.[H-].[K+]. The van der Waals surface area contributed by atoms with Crippen molar-refractivity contribution in [3.05, 3.63) is 12.7 Å². The van der Waals surface area contributed by atoms with Crippen molar-refractivity contribution in [3.8, 4) is 0 Å². The van der Waals surface area contributed by atoms with Crippen molar-refractivity contribution in [2.24, 2.45) is 5.92 Å². The maximum Gasteiger partial charge on any atom is 1.00 e. The van der Waals surface area contributed by atoms with Crippen LogP contribution >= 0.6 is 0 Å². The Morgan fingerprint density at radius 3 is 2.31 bits per heavy atom. The normalized spacial score (nSPS) is 10.6. The molecule has 0 rings (SSSR count). The zero-order chi connectivity index (χ0) is 11.8. The molecular weight excluding hydrogens is 239 g/mol. The van der Waals surface area contributed by atoms with E-state index >= 15 is 0 Å². The number of carbonyl (C=O) groups is 3. The summed E-state index contributed by atoms with van der Waals surface area (Å²) in [5.41, 5.74) is 0. The minimum Gasteiger partial charge on any atom is -1.00 e. The summed E-state index contributed by atoms with van der Waals surface area (Å²) in [6.45, 7) is 4.95. The van der Waals surface area contributed by atoms with Crippen LogP contribution in [0.3, 0.4) is 0 Å². The fourth-order valence-electron chi connectivity index (χ4n) is 0.975. The molecule has 0 heterocycles. The van der Waals surface area contributed by atoms with E-state index in [-0.39, 0.29) is 59.2 Å². The van der Waals surface area contributed by atoms with E-state index in [1.807, 2.05) is 0 Å². The Bertz CT molecular complexity index is 280. The first kappa shape index (κ1) is 18.4. The number of rotatable bonds is 5. The fourth-order valence-corrected chi connectivity index (χ4v) is 0.975. The molecule has 0 radical (unpaired) electrons. The van der Waals surface area contributed by atoms with Gasteiger partial charge < -0.3 is 10.9 Å². The Morgan fingerprint density at radius 1 is 1.38 bits per heavy atom. The molecule has 6 heteroatoms. The molecule has 5 nitrogen and oxygen atoms in total. The van der Waals surface area contributed by atoms with Crippen LogP contribution in [0.4, 0.5) is 0 Å². The van der Waals surface area contributed by atoms with E-state index in [0.29, 0.717) is 6.42 Å². The average Bonchev–Trinajstić information content (AvgIpc) is 2.24. The molecule has 86 valence electrons. The number of methoxy groups -OCH3 is 1. The molecule has 0 aromatic carbocycles. The van der Waals surface area contributed by atoms with Crippen LogP contribution < -0.4 is 51.4 Å². The summed E-state index contributed by atoms with van der Waals surface area (Å²) in [4.78, 5) is 33.2. The molecule has 0 N–H and O–H groups in total. The molecule has 0 amide bonds. The van der Waals surface area contributed by atoms with Crippen molar-refractivity contribution in [3.63, 3.8) is 0 Å². The molecule has 0 aromatic heterocycles. The van der Waals surface area contributed by atoms with Crippen LogP contribution in [-0.2, 0) is 23.9 Å². The van der Waals surface area contributed by atoms with Crippen LogP contribution in [0.25, 0.3) is 0 Å². The predicted molar refractivity (Wildman–Crippen MR) is 52.8 cm³/mol. The number of esters is 3. The summed E-state index contributed by atoms with van der Waals surface area (Å²) < 4.78 is 8.76. The second-order valence-electron chi connectivity index (χ2n) is 2.81. The molecule has 1 unspecified atom stereocenters. The van der Waals surface area contributed by atoms with Gasteiger partial charge >= 0.3 is 69.3 Å². The van der Waals surface area contributed by atoms with Gasteiger partial charge in [0.05, 0.1) is 7.11 Å². The Balaban J connectivity index is -0.000000980. The van der Waals surface area contributed by atoms with Gasteiger partial charge in [0.15, 0.2) is 5.92 Å². The van der Waals surface area contributed by atoms with Crippen molar-refractivity contribution in [2.45, 2.75) is 19.8 Å². The van der Waals surface area contributed by atoms with Crippen LogP contribution in [0.1, 0.15) is 21.2 Å². The number of hydrogen-bond acceptors (Lipinski definition) is 5. The number of carbonyl (C=O) groups excluding carboxylic acids is 3. The molecule has 16 heavy (non-hydrogen) atoms. The first-order valence-corrected chi connectivity index (χ1v) is 4.52. The molecule has 0 aliphatic carbocycles. The van der Waals surface area contributed by atoms with Gasteiger partial charge in [-0.2, -0.15) is 0 Å². The zero-order valence-electron chi connectivity index (χ0n) is 10.8. The van der Waals surface area contributed by atoms with E-state index < -0.39 is 23.8 Å². The van der Waals surface area contributed by atoms with Gasteiger partial charge in [0.2, 0.25) is 0 Å². The predicted octanol–water partition coefficient (Wildman–Crippen LogP) is -2.05. The molecular formula is C10H15KO5. The summed E-state index contributed by atoms with van der Waals surface area (Å²) in [5, 5.41) is 0. The zero-order valence-corrected chi connectivity index (χ0v) is 12.9. The van der Waals surface area contributed by atoms with Crippen molar-refractivity contribution in [1.82, 2.24) is 0 Å². The van der Waals surface area contributed by atoms with E-state index in [2.05, 4.69) is 16.1 Å². The standard InChI is InChI=1S/C10H14O5.K.H/c1-4-6-7(9(12)14-3)10(13)15-8(11)5-2;;/h5,7H,2,4,6H2,1,3H3;;/q;+1;-1. The molecule has 0 aromatic rings. The van der Waals surface area contributed by atoms with E-state index in [1.165, 1.54) is 7.11 Å². The van der Waals surface area contributed by atoms with Crippen molar-refractivity contribution in [2.75, 3.05) is 7.11 Å². The maximum atomic E-state index is 11.3. The smallest absolute Gasteiger partial charge is 1.00 e. The van der Waals surface area contributed by atoms with Gasteiger partial charge in [0.1, 0.15) is 0 Å². The van der Waals surface area contributed by atoms with Gasteiger partial charge in [-0.15, -0.1) is 0 Å². The second-order valence-corrected chi connectivity index (χ2v) is 2.81. The third-order valence-corrected chi connectivity index (χ3v) is 1.72. The molecule has 0 saturated heterocycles. The quantitative estimate of drug-likeness (QED) is 0.244. The fraction of sp³-hybridized carbons (Fsp3) is 0.500. The van der Waals surface area contributed by atoms with Crippen LogP contribution in [-0.4, -0.2) is 25.0 Å². The largest absolute Gasteiger partial charge is 1.00 e. The minimum atomic E-state index is -1.04. The van der Waals surface area contributed by atoms with Gasteiger partial charge in [-0.1, -0.05) is 19.9 Å². The van der Waals surface area contributed by atoms with Gasteiger partial charge in [-0.25, -0.2) is 4.79 Å². The topological polar surface area (TPSA) is 69.7 Å². The molecule has 1 atom stereocenters. The average molecular weight is 254 g/mol. The first-order valence-electron chi connectivity index (χ1n) is 4.52. The van der Waals surface area contributed by atoms with Crippen LogP contribution in [0.2, 0.25) is 0 Å². The summed E-state index contributed by atoms with van der Waals surface area (Å²) in [7, 11) is 1.17. The monoisotopic (exact) mass is 254 g/mol. The molecule has 0 aliphatic rings. The summed E-state index contributed by atoms with van der Waals surface area (Å²) >= 11 is 0. The minimum absolute atomic E-state index is 0. The van der Waals surface area contributed by atoms with Gasteiger partial charge in [0, 0.05) is 6.08 Å². The molecule has 0 saturated carbocycles. The summed E-state index contributed by atoms with van der Waals surface area (Å²) in [6.07, 6.45) is 1.76. The summed E-state index contributed by atoms with van der Waals surface area (Å²) in [6, 6.07) is 0. The van der Waals surface area contributed by atoms with Gasteiger partial charge in [-0.05, 0) is 6.42 Å². The van der Waals surface area contributed by atoms with Crippen LogP contribution in [0.15, 0.2) is 12.7 Å². The van der Waals surface area contributed by atoms with E-state index in [1.54, 1.807) is 6.92 Å². The van der Waals surface area contributed by atoms with Crippen LogP contribution in [0, 0.1) is 5.92 Å². The Kier molecular flexibility index (Phi) is 11.7. The number of ether oxygens (including phenoxy) is 2. The Labute approximate surface area is 138 Å². The molecule has 0 spiro atoms. The first-order chi connectivity index (χ1) is 7.06. The van der Waals surface area contributed by atoms with Gasteiger partial charge in [0.25, 0.3) is 0 Å². The van der Waals surface area contributed by atoms with Crippen molar-refractivity contribution < 1.29 is 76.7 Å². The Morgan fingerprint density at radius 2 is 1.94 bits per heavy atom. The third kappa shape index (κ3) is 6.54. The third-order valence-electron chi connectivity index (χ3n) is 1.72. The van der Waals surface area contributed by atoms with Crippen molar-refractivity contribution in [1.29, 1.82) is 0 Å². The molecule has 0 bridgehead atoms. The summed E-state index contributed by atoms with van der Waals surface area (Å²) in [5.74, 6) is -3.50. The van der Waals surface area contributed by atoms with Crippen LogP contribution in [0.5, 0.6) is 0 Å². The molecule has 0 fully saturated rings. The Hall–Kier alpha value is -0.0136. The second kappa shape index (κ2) is 10.2. The molecule has 0 aliphatic heterocycles. The van der Waals surface area contributed by atoms with Gasteiger partial charge in [-0.3, -0.25) is 9.59 Å². The van der Waals surface area contributed by atoms with E-state index in [0.717, 1.165) is 6.08 Å². The van der Waals surface area contributed by atoms with Crippen molar-refractivity contribution >= 4 is 17.9 Å². The maximum absolute atomic E-state index is 11.3. The van der Waals surface area contributed by atoms with E-state index in [4.69, 9.17) is 0 Å². The number of hydrogen-bond donors (Lipinski definition) is 0. The van der Waals surface area contributed by atoms with E-state index in [9.17, 15) is 14.4 Å².